The summed E-state index contributed by atoms with van der Waals surface area (Å²) in [7, 11) is 0. The van der Waals surface area contributed by atoms with Crippen LogP contribution >= 0.6 is 12.2 Å². The van der Waals surface area contributed by atoms with Crippen molar-refractivity contribution in [1.82, 2.24) is 20.6 Å². The van der Waals surface area contributed by atoms with Gasteiger partial charge in [0.15, 0.2) is 5.11 Å². The molecule has 3 N–H and O–H groups in total. The third-order valence-corrected chi connectivity index (χ3v) is 2.48. The van der Waals surface area contributed by atoms with Crippen LogP contribution in [-0.2, 0) is 11.2 Å². The first-order valence-electron chi connectivity index (χ1n) is 5.89. The molecule has 0 saturated carbocycles. The number of rotatable bonds is 8. The van der Waals surface area contributed by atoms with Gasteiger partial charge in [0.2, 0.25) is 0 Å². The third-order valence-electron chi connectivity index (χ3n) is 2.19. The molecule has 0 saturated heterocycles. The lowest BCUT2D eigenvalue weighted by Gasteiger charge is -2.09. The van der Waals surface area contributed by atoms with Crippen LogP contribution in [-0.4, -0.2) is 41.4 Å². The molecule has 0 fully saturated rings. The van der Waals surface area contributed by atoms with E-state index in [1.54, 1.807) is 6.33 Å². The topological polar surface area (TPSA) is 62.0 Å². The molecule has 0 amide bonds. The summed E-state index contributed by atoms with van der Waals surface area (Å²) < 4.78 is 5.23. The van der Waals surface area contributed by atoms with Crippen LogP contribution in [0.25, 0.3) is 0 Å². The lowest BCUT2D eigenvalue weighted by molar-refractivity contribution is 0.145. The number of H-pyrrole nitrogens is 1. The van der Waals surface area contributed by atoms with Gasteiger partial charge in [0.25, 0.3) is 0 Å². The molecule has 0 spiro atoms. The van der Waals surface area contributed by atoms with Gasteiger partial charge in [-0.3, -0.25) is 0 Å². The second-order valence-corrected chi connectivity index (χ2v) is 3.97. The first-order chi connectivity index (χ1) is 8.33. The molecule has 0 unspecified atom stereocenters. The zero-order chi connectivity index (χ0) is 12.3. The van der Waals surface area contributed by atoms with E-state index in [1.807, 2.05) is 13.1 Å². The van der Waals surface area contributed by atoms with E-state index in [9.17, 15) is 0 Å². The minimum absolute atomic E-state index is 0.695. The molecule has 0 aliphatic carbocycles. The number of aromatic nitrogens is 2. The van der Waals surface area contributed by atoms with Gasteiger partial charge in [-0.25, -0.2) is 4.98 Å². The fourth-order valence-corrected chi connectivity index (χ4v) is 1.52. The third kappa shape index (κ3) is 6.91. The molecule has 1 aromatic heterocycles. The molecule has 6 heteroatoms. The Morgan fingerprint density at radius 2 is 2.29 bits per heavy atom. The Hall–Kier alpha value is -1.14. The highest BCUT2D eigenvalue weighted by atomic mass is 32.1. The van der Waals surface area contributed by atoms with E-state index in [2.05, 4.69) is 20.6 Å². The van der Waals surface area contributed by atoms with Crippen LogP contribution in [0.15, 0.2) is 12.5 Å². The second-order valence-electron chi connectivity index (χ2n) is 3.56. The maximum atomic E-state index is 5.23. The standard InChI is InChI=1S/C11H20N4OS/c1-2-16-7-3-5-13-11(17)14-6-4-10-8-12-9-15-10/h8-9H,2-7H2,1H3,(H,12,15)(H2,13,14,17). The van der Waals surface area contributed by atoms with Gasteiger partial charge in [-0.15, -0.1) is 0 Å². The van der Waals surface area contributed by atoms with E-state index in [4.69, 9.17) is 17.0 Å². The Morgan fingerprint density at radius 3 is 3.00 bits per heavy atom. The number of ether oxygens (including phenoxy) is 1. The van der Waals surface area contributed by atoms with Crippen molar-refractivity contribution in [2.24, 2.45) is 0 Å². The number of nitrogens with one attached hydrogen (secondary N) is 3. The summed E-state index contributed by atoms with van der Waals surface area (Å²) in [6, 6.07) is 0. The molecule has 0 atom stereocenters. The van der Waals surface area contributed by atoms with E-state index in [-0.39, 0.29) is 0 Å². The van der Waals surface area contributed by atoms with Crippen LogP contribution in [0.2, 0.25) is 0 Å². The number of hydrogen-bond acceptors (Lipinski definition) is 3. The maximum absolute atomic E-state index is 5.23. The van der Waals surface area contributed by atoms with Crippen LogP contribution in [0.4, 0.5) is 0 Å². The summed E-state index contributed by atoms with van der Waals surface area (Å²) in [5, 5.41) is 6.98. The van der Waals surface area contributed by atoms with Crippen LogP contribution in [0.5, 0.6) is 0 Å². The summed E-state index contributed by atoms with van der Waals surface area (Å²) in [6.07, 6.45) is 5.36. The van der Waals surface area contributed by atoms with Crippen molar-refractivity contribution in [3.8, 4) is 0 Å². The van der Waals surface area contributed by atoms with Crippen LogP contribution in [0, 0.1) is 0 Å². The predicted octanol–water partition coefficient (Wildman–Crippen LogP) is 0.843. The number of thiocarbonyl (C=S) groups is 1. The van der Waals surface area contributed by atoms with Gasteiger partial charge >= 0.3 is 0 Å². The van der Waals surface area contributed by atoms with Crippen molar-refractivity contribution in [3.05, 3.63) is 18.2 Å². The normalized spacial score (nSPS) is 10.2. The van der Waals surface area contributed by atoms with Gasteiger partial charge in [0.05, 0.1) is 6.33 Å². The predicted molar refractivity (Wildman–Crippen MR) is 72.0 cm³/mol. The molecule has 0 radical (unpaired) electrons. The zero-order valence-electron chi connectivity index (χ0n) is 10.2. The molecule has 96 valence electrons. The summed E-state index contributed by atoms with van der Waals surface area (Å²) in [6.45, 7) is 5.19. The van der Waals surface area contributed by atoms with E-state index in [0.717, 1.165) is 44.8 Å². The monoisotopic (exact) mass is 256 g/mol. The highest BCUT2D eigenvalue weighted by Gasteiger charge is 1.96. The largest absolute Gasteiger partial charge is 0.382 e. The number of hydrogen-bond donors (Lipinski definition) is 3. The molecule has 1 heterocycles. The van der Waals surface area contributed by atoms with Crippen molar-refractivity contribution < 1.29 is 4.74 Å². The fraction of sp³-hybridized carbons (Fsp3) is 0.636. The van der Waals surface area contributed by atoms with Crippen LogP contribution in [0.3, 0.4) is 0 Å². The Bertz CT molecular complexity index is 302. The smallest absolute Gasteiger partial charge is 0.166 e. The molecule has 0 bridgehead atoms. The average Bonchev–Trinajstić information content (AvgIpc) is 2.82. The van der Waals surface area contributed by atoms with Gasteiger partial charge in [0, 0.05) is 44.6 Å². The van der Waals surface area contributed by atoms with Crippen molar-refractivity contribution >= 4 is 17.3 Å². The Morgan fingerprint density at radius 1 is 1.47 bits per heavy atom. The molecule has 0 aliphatic heterocycles. The Balaban J connectivity index is 1.94. The van der Waals surface area contributed by atoms with Gasteiger partial charge in [0.1, 0.15) is 0 Å². The Kier molecular flexibility index (Phi) is 7.33. The lowest BCUT2D eigenvalue weighted by atomic mass is 10.3. The van der Waals surface area contributed by atoms with E-state index in [0.29, 0.717) is 5.11 Å². The molecule has 1 aromatic rings. The molecule has 5 nitrogen and oxygen atoms in total. The van der Waals surface area contributed by atoms with Gasteiger partial charge in [-0.1, -0.05) is 0 Å². The minimum atomic E-state index is 0.695. The fourth-order valence-electron chi connectivity index (χ4n) is 1.32. The summed E-state index contributed by atoms with van der Waals surface area (Å²) in [5.74, 6) is 0. The Labute approximate surface area is 107 Å². The summed E-state index contributed by atoms with van der Waals surface area (Å²) >= 11 is 5.14. The first kappa shape index (κ1) is 13.9. The summed E-state index contributed by atoms with van der Waals surface area (Å²) in [4.78, 5) is 7.00. The molecule has 1 rings (SSSR count). The zero-order valence-corrected chi connectivity index (χ0v) is 11.0. The lowest BCUT2D eigenvalue weighted by Crippen LogP contribution is -2.37. The SMILES string of the molecule is CCOCCCNC(=S)NCCc1cnc[nH]1. The average molecular weight is 256 g/mol. The quantitative estimate of drug-likeness (QED) is 0.475. The summed E-state index contributed by atoms with van der Waals surface area (Å²) in [5.41, 5.74) is 1.11. The molecule has 0 aromatic carbocycles. The molecule has 17 heavy (non-hydrogen) atoms. The maximum Gasteiger partial charge on any atom is 0.166 e. The van der Waals surface area contributed by atoms with Gasteiger partial charge < -0.3 is 20.4 Å². The van der Waals surface area contributed by atoms with Crippen molar-refractivity contribution in [1.29, 1.82) is 0 Å². The van der Waals surface area contributed by atoms with E-state index in [1.165, 1.54) is 0 Å². The van der Waals surface area contributed by atoms with Crippen molar-refractivity contribution in [3.63, 3.8) is 0 Å². The van der Waals surface area contributed by atoms with Gasteiger partial charge in [-0.2, -0.15) is 0 Å². The van der Waals surface area contributed by atoms with Crippen molar-refractivity contribution in [2.45, 2.75) is 19.8 Å². The number of imidazole rings is 1. The molecule has 0 aliphatic rings. The van der Waals surface area contributed by atoms with E-state index >= 15 is 0 Å². The highest BCUT2D eigenvalue weighted by Crippen LogP contribution is 1.90. The van der Waals surface area contributed by atoms with Crippen molar-refractivity contribution in [2.75, 3.05) is 26.3 Å². The number of nitrogens with zero attached hydrogens (tertiary/aromatic N) is 1. The van der Waals surface area contributed by atoms with E-state index < -0.39 is 0 Å². The van der Waals surface area contributed by atoms with Crippen LogP contribution in [0.1, 0.15) is 19.0 Å². The molecular formula is C11H20N4OS. The van der Waals surface area contributed by atoms with Crippen LogP contribution < -0.4 is 10.6 Å². The van der Waals surface area contributed by atoms with Gasteiger partial charge in [-0.05, 0) is 25.6 Å². The first-order valence-corrected chi connectivity index (χ1v) is 6.30. The number of aromatic amines is 1. The second kappa shape index (κ2) is 8.95. The molecular weight excluding hydrogens is 236 g/mol. The highest BCUT2D eigenvalue weighted by molar-refractivity contribution is 7.80. The minimum Gasteiger partial charge on any atom is -0.382 e.